The van der Waals surface area contributed by atoms with E-state index in [1.54, 1.807) is 24.3 Å². The van der Waals surface area contributed by atoms with Gasteiger partial charge in [0.1, 0.15) is 5.75 Å². The van der Waals surface area contributed by atoms with Gasteiger partial charge in [-0.2, -0.15) is 4.98 Å². The Morgan fingerprint density at radius 2 is 1.63 bits per heavy atom. The first-order chi connectivity index (χ1) is 14.6. The molecule has 0 radical (unpaired) electrons. The van der Waals surface area contributed by atoms with Gasteiger partial charge < -0.3 is 14.6 Å². The van der Waals surface area contributed by atoms with E-state index in [-0.39, 0.29) is 17.6 Å². The lowest BCUT2D eigenvalue weighted by atomic mass is 9.97. The molecule has 3 aromatic carbocycles. The molecular formula is C24H15NO4S. The van der Waals surface area contributed by atoms with Crippen LogP contribution in [0.4, 0.5) is 0 Å². The van der Waals surface area contributed by atoms with Crippen molar-refractivity contribution in [3.05, 3.63) is 89.4 Å². The highest BCUT2D eigenvalue weighted by Crippen LogP contribution is 2.41. The molecule has 30 heavy (non-hydrogen) atoms. The van der Waals surface area contributed by atoms with Crippen molar-refractivity contribution in [3.8, 4) is 34.3 Å². The van der Waals surface area contributed by atoms with E-state index in [1.165, 1.54) is 17.5 Å². The van der Waals surface area contributed by atoms with Crippen LogP contribution < -0.4 is 0 Å². The Morgan fingerprint density at radius 3 is 2.33 bits per heavy atom. The predicted octanol–water partition coefficient (Wildman–Crippen LogP) is 5.87. The first-order valence-electron chi connectivity index (χ1n) is 9.21. The third-order valence-corrected chi connectivity index (χ3v) is 6.02. The number of rotatable bonds is 4. The highest BCUT2D eigenvalue weighted by molar-refractivity contribution is 7.21. The van der Waals surface area contributed by atoms with Crippen LogP contribution in [0.3, 0.4) is 0 Å². The first kappa shape index (κ1) is 18.1. The lowest BCUT2D eigenvalue weighted by molar-refractivity contribution is 0.104. The molecule has 5 rings (SSSR count). The van der Waals surface area contributed by atoms with Crippen molar-refractivity contribution in [2.75, 3.05) is 0 Å². The number of nitrogens with zero attached hydrogens (tertiary/aromatic N) is 1. The fourth-order valence-electron chi connectivity index (χ4n) is 3.45. The average Bonchev–Trinajstić information content (AvgIpc) is 3.37. The number of benzene rings is 3. The van der Waals surface area contributed by atoms with Crippen molar-refractivity contribution in [2.45, 2.75) is 0 Å². The summed E-state index contributed by atoms with van der Waals surface area (Å²) in [7, 11) is 0. The fourth-order valence-corrected chi connectivity index (χ4v) is 4.67. The van der Waals surface area contributed by atoms with E-state index < -0.39 is 0 Å². The maximum Gasteiger partial charge on any atom is 0.391 e. The van der Waals surface area contributed by atoms with E-state index in [4.69, 9.17) is 4.42 Å². The van der Waals surface area contributed by atoms with E-state index in [9.17, 15) is 15.0 Å². The lowest BCUT2D eigenvalue weighted by Crippen LogP contribution is -2.00. The Morgan fingerprint density at radius 1 is 0.900 bits per heavy atom. The van der Waals surface area contributed by atoms with Crippen molar-refractivity contribution in [2.24, 2.45) is 0 Å². The molecule has 0 bridgehead atoms. The molecule has 6 heteroatoms. The van der Waals surface area contributed by atoms with Crippen molar-refractivity contribution >= 4 is 27.2 Å². The summed E-state index contributed by atoms with van der Waals surface area (Å²) < 4.78 is 6.01. The molecule has 2 heterocycles. The van der Waals surface area contributed by atoms with E-state index in [2.05, 4.69) is 4.98 Å². The highest BCUT2D eigenvalue weighted by atomic mass is 32.1. The van der Waals surface area contributed by atoms with Gasteiger partial charge in [0.25, 0.3) is 0 Å². The molecule has 0 aliphatic rings. The number of hydrogen-bond donors (Lipinski definition) is 2. The Hall–Kier alpha value is -3.90. The zero-order chi connectivity index (χ0) is 20.7. The van der Waals surface area contributed by atoms with Crippen LogP contribution in [0.1, 0.15) is 15.2 Å². The number of phenols is 1. The van der Waals surface area contributed by atoms with Gasteiger partial charge in [-0.25, -0.2) is 0 Å². The Labute approximate surface area is 175 Å². The van der Waals surface area contributed by atoms with E-state index >= 15 is 0 Å². The quantitative estimate of drug-likeness (QED) is 0.360. The van der Waals surface area contributed by atoms with E-state index in [1.807, 2.05) is 48.5 Å². The zero-order valence-corrected chi connectivity index (χ0v) is 16.4. The zero-order valence-electron chi connectivity index (χ0n) is 15.6. The maximum absolute atomic E-state index is 13.3. The Bertz CT molecular complexity index is 1370. The summed E-state index contributed by atoms with van der Waals surface area (Å²) in [4.78, 5) is 17.6. The molecule has 0 fully saturated rings. The van der Waals surface area contributed by atoms with E-state index in [0.29, 0.717) is 16.2 Å². The van der Waals surface area contributed by atoms with Gasteiger partial charge in [0.05, 0.1) is 11.1 Å². The topological polar surface area (TPSA) is 83.6 Å². The number of hydrogen-bond acceptors (Lipinski definition) is 6. The van der Waals surface area contributed by atoms with Crippen molar-refractivity contribution < 1.29 is 19.4 Å². The summed E-state index contributed by atoms with van der Waals surface area (Å²) >= 11 is 1.37. The van der Waals surface area contributed by atoms with Crippen LogP contribution in [0, 0.1) is 0 Å². The second-order valence-corrected chi connectivity index (χ2v) is 7.82. The van der Waals surface area contributed by atoms with Crippen molar-refractivity contribution in [1.82, 2.24) is 4.98 Å². The number of carbonyl (C=O) groups is 1. The van der Waals surface area contributed by atoms with Gasteiger partial charge in [-0.05, 0) is 23.8 Å². The second kappa shape index (κ2) is 7.17. The minimum atomic E-state index is -0.381. The van der Waals surface area contributed by atoms with Crippen LogP contribution >= 0.6 is 11.3 Å². The van der Waals surface area contributed by atoms with Gasteiger partial charge in [-0.15, -0.1) is 11.3 Å². The molecule has 0 unspecified atom stereocenters. The van der Waals surface area contributed by atoms with Gasteiger partial charge >= 0.3 is 6.08 Å². The van der Waals surface area contributed by atoms with Crippen LogP contribution in [0.5, 0.6) is 11.8 Å². The smallest absolute Gasteiger partial charge is 0.391 e. The summed E-state index contributed by atoms with van der Waals surface area (Å²) in [5, 5.41) is 20.1. The highest BCUT2D eigenvalue weighted by Gasteiger charge is 2.21. The largest absolute Gasteiger partial charge is 0.508 e. The molecule has 0 aliphatic carbocycles. The van der Waals surface area contributed by atoms with Gasteiger partial charge in [0.15, 0.2) is 5.76 Å². The number of phenolic OH excluding ortho intramolecular Hbond substituents is 1. The number of fused-ring (bicyclic) bond motifs is 1. The summed E-state index contributed by atoms with van der Waals surface area (Å²) in [5.74, 6) is 0.560. The minimum Gasteiger partial charge on any atom is -0.508 e. The van der Waals surface area contributed by atoms with Gasteiger partial charge in [0.2, 0.25) is 5.78 Å². The molecule has 5 aromatic rings. The average molecular weight is 413 g/mol. The van der Waals surface area contributed by atoms with Crippen molar-refractivity contribution in [3.63, 3.8) is 0 Å². The van der Waals surface area contributed by atoms with Crippen LogP contribution in [-0.2, 0) is 0 Å². The number of aromatic hydroxyl groups is 2. The minimum absolute atomic E-state index is 0.0597. The molecule has 0 saturated carbocycles. The Kier molecular flexibility index (Phi) is 4.34. The van der Waals surface area contributed by atoms with Crippen LogP contribution in [0.15, 0.2) is 83.4 Å². The van der Waals surface area contributed by atoms with Crippen LogP contribution in [0.25, 0.3) is 32.5 Å². The fraction of sp³-hybridized carbons (Fsp3) is 0. The summed E-state index contributed by atoms with van der Waals surface area (Å²) in [6.07, 6.45) is 1.07. The summed E-state index contributed by atoms with van der Waals surface area (Å²) in [6, 6.07) is 21.8. The normalized spacial score (nSPS) is 11.1. The maximum atomic E-state index is 13.3. The molecule has 146 valence electrons. The van der Waals surface area contributed by atoms with Gasteiger partial charge in [-0.3, -0.25) is 4.79 Å². The molecule has 0 spiro atoms. The SMILES string of the molecule is O=C(c1ccccc1)c1sc2cc(O)ccc2c1-c1ccc(-c2cnc(O)o2)cc1. The molecule has 2 aromatic heterocycles. The Balaban J connectivity index is 1.66. The van der Waals surface area contributed by atoms with Crippen molar-refractivity contribution in [1.29, 1.82) is 0 Å². The predicted molar refractivity (Wildman–Crippen MR) is 116 cm³/mol. The molecule has 2 N–H and O–H groups in total. The molecule has 5 nitrogen and oxygen atoms in total. The third kappa shape index (κ3) is 3.13. The summed E-state index contributed by atoms with van der Waals surface area (Å²) in [6.45, 7) is 0. The van der Waals surface area contributed by atoms with Gasteiger partial charge in [0, 0.05) is 26.8 Å². The molecule has 0 saturated heterocycles. The molecule has 0 atom stereocenters. The number of ketones is 1. The summed E-state index contributed by atoms with van der Waals surface area (Å²) in [5.41, 5.74) is 3.08. The van der Waals surface area contributed by atoms with E-state index in [0.717, 1.165) is 26.8 Å². The number of carbonyl (C=O) groups excluding carboxylic acids is 1. The monoisotopic (exact) mass is 413 g/mol. The number of oxazole rings is 1. The van der Waals surface area contributed by atoms with Gasteiger partial charge in [-0.1, -0.05) is 54.6 Å². The van der Waals surface area contributed by atoms with Crippen LogP contribution in [-0.4, -0.2) is 21.0 Å². The molecular weight excluding hydrogens is 398 g/mol. The number of thiophene rings is 1. The third-order valence-electron chi connectivity index (χ3n) is 4.87. The second-order valence-electron chi connectivity index (χ2n) is 6.77. The standard InChI is InChI=1S/C24H15NO4S/c26-17-10-11-18-20(12-17)30-23(22(27)16-4-2-1-3-5-16)21(18)15-8-6-14(7-9-15)19-13-25-24(28)29-19/h1-13,26H,(H,25,28). The lowest BCUT2D eigenvalue weighted by Gasteiger charge is -2.06. The molecule has 0 amide bonds. The van der Waals surface area contributed by atoms with Crippen LogP contribution in [0.2, 0.25) is 0 Å². The first-order valence-corrected chi connectivity index (χ1v) is 10.0. The number of aromatic nitrogens is 1. The molecule has 0 aliphatic heterocycles.